The molecule has 0 radical (unpaired) electrons. The fraction of sp³-hybridized carbons (Fsp3) is 0.602. The Balaban J connectivity index is 0.000000244. The molecule has 526 valence electrons. The Bertz CT molecular complexity index is 3100. The second kappa shape index (κ2) is 39.7. The molecule has 2 saturated heterocycles. The van der Waals surface area contributed by atoms with Gasteiger partial charge in [-0.05, 0) is 236 Å². The van der Waals surface area contributed by atoms with E-state index >= 15 is 0 Å². The van der Waals surface area contributed by atoms with Crippen LogP contribution in [0.3, 0.4) is 0 Å². The highest BCUT2D eigenvalue weighted by molar-refractivity contribution is 5.78. The third-order valence-corrected chi connectivity index (χ3v) is 20.7. The molecule has 95 heavy (non-hydrogen) atoms. The van der Waals surface area contributed by atoms with Gasteiger partial charge in [-0.15, -0.1) is 0 Å². The number of carbonyl (C=O) groups excluding carboxylic acids is 3. The number of aryl methyl sites for hydroxylation is 3. The molecule has 5 aliphatic rings. The number of nitrogens with one attached hydrogen (secondary N) is 1. The number of phenols is 4. The quantitative estimate of drug-likeness (QED) is 0.0147. The standard InChI is InChI=1S/C28H43NO3.C27H39NO3.C21H30O2.C7H13NO/c1-7-9-10-11-21-17-25(30)28(24-16-20(5)12-14-23(24)19(3)4)26(18-21)32-27(31)15-13-22(8-2)29-6;1-6-7-8-9-20-15-24(29)27(23-14-19(4)10-12-22(23)18(2)3)25(16-20)31-26(30)13-11-21-17-28(21)5;1-5-6-7-8-16-12-19(22)21(20(23)13-16)18-11-15(4)9-10-17(18)14(2)3;1-3-6-4-5-7(9)8(6)2/h16-18,22-24,29-30H,3,7-15H2,1-2,4-6H3;14-16,21-23,29H,2,6-13,17H2,1,3-5H3;11-13,17-18,22-23H,2,5-10H2,1,3-4H3;6H,3-5H2,1-2H3/t22?,23-,24+;21?,22?,23-,28?;17-,18+;/m010./s1. The third kappa shape index (κ3) is 24.3. The summed E-state index contributed by atoms with van der Waals surface area (Å²) >= 11 is 0. The number of esters is 2. The lowest BCUT2D eigenvalue weighted by molar-refractivity contribution is -0.135. The summed E-state index contributed by atoms with van der Waals surface area (Å²) in [5.41, 5.74) is 12.4. The average molecular weight is 1310 g/mol. The molecule has 2 fully saturated rings. The predicted octanol–water partition coefficient (Wildman–Crippen LogP) is 19.8. The van der Waals surface area contributed by atoms with Gasteiger partial charge >= 0.3 is 11.9 Å². The molecule has 8 rings (SSSR count). The summed E-state index contributed by atoms with van der Waals surface area (Å²) in [5, 5.41) is 46.5. The van der Waals surface area contributed by atoms with Gasteiger partial charge in [0.15, 0.2) is 0 Å². The molecule has 0 saturated carbocycles. The van der Waals surface area contributed by atoms with E-state index in [0.29, 0.717) is 53.9 Å². The van der Waals surface area contributed by atoms with Crippen molar-refractivity contribution in [2.45, 2.75) is 279 Å². The van der Waals surface area contributed by atoms with E-state index in [-0.39, 0.29) is 70.4 Å². The van der Waals surface area contributed by atoms with Gasteiger partial charge in [-0.3, -0.25) is 14.4 Å². The van der Waals surface area contributed by atoms with E-state index < -0.39 is 0 Å². The molecule has 2 heterocycles. The van der Waals surface area contributed by atoms with Gasteiger partial charge in [0.1, 0.15) is 34.5 Å². The van der Waals surface area contributed by atoms with E-state index in [1.165, 1.54) is 29.6 Å². The van der Waals surface area contributed by atoms with Crippen molar-refractivity contribution in [1.29, 1.82) is 0 Å². The molecule has 0 spiro atoms. The number of allylic oxidation sites excluding steroid dienone is 9. The Morgan fingerprint density at radius 2 is 0.916 bits per heavy atom. The van der Waals surface area contributed by atoms with Crippen LogP contribution in [0.5, 0.6) is 34.5 Å². The molecule has 2 aliphatic heterocycles. The molecular weight excluding hydrogens is 1180 g/mol. The topological polar surface area (TPSA) is 169 Å². The Kier molecular flexibility index (Phi) is 33.2. The highest BCUT2D eigenvalue weighted by Crippen LogP contribution is 2.50. The number of rotatable bonds is 29. The molecule has 10 atom stereocenters. The fourth-order valence-electron chi connectivity index (χ4n) is 14.5. The Hall–Kier alpha value is -6.37. The average Bonchev–Trinajstić information content (AvgIpc) is 1.82. The number of likely N-dealkylation sites (N-methyl/N-ethyl adjacent to an activating group) is 1. The van der Waals surface area contributed by atoms with Crippen LogP contribution < -0.4 is 14.8 Å². The van der Waals surface area contributed by atoms with Crippen LogP contribution >= 0.6 is 0 Å². The van der Waals surface area contributed by atoms with Crippen molar-refractivity contribution in [2.24, 2.45) is 17.8 Å². The monoisotopic (exact) mass is 1310 g/mol. The van der Waals surface area contributed by atoms with Gasteiger partial charge in [-0.25, -0.2) is 0 Å². The first-order chi connectivity index (χ1) is 45.3. The fourth-order valence-corrected chi connectivity index (χ4v) is 14.5. The minimum absolute atomic E-state index is 0.0194. The van der Waals surface area contributed by atoms with Crippen LogP contribution in [0, 0.1) is 17.8 Å². The molecule has 3 aliphatic carbocycles. The second-order valence-corrected chi connectivity index (χ2v) is 28.7. The first kappa shape index (κ1) is 79.3. The van der Waals surface area contributed by atoms with E-state index in [1.54, 1.807) is 0 Å². The number of aromatic hydroxyl groups is 4. The molecular formula is C83H125N3O9. The maximum Gasteiger partial charge on any atom is 0.311 e. The van der Waals surface area contributed by atoms with Crippen LogP contribution in [0.25, 0.3) is 0 Å². The van der Waals surface area contributed by atoms with E-state index in [1.807, 2.05) is 62.3 Å². The lowest BCUT2D eigenvalue weighted by Crippen LogP contribution is -2.27. The molecule has 0 aromatic heterocycles. The molecule has 5 unspecified atom stereocenters. The summed E-state index contributed by atoms with van der Waals surface area (Å²) in [4.78, 5) is 40.4. The lowest BCUT2D eigenvalue weighted by atomic mass is 9.73. The second-order valence-electron chi connectivity index (χ2n) is 28.7. The SMILES string of the molecule is C=C(C)C1CCC(C)=C[C@H]1c1c(O)cc(CCCCC)cc1OC(=O)CCC1CN1C.C=C(C)[C@@H]1CCC(C)=C[C@H]1c1c(O)cc(CCCCC)cc1O.C=C(C)[C@@H]1CCC(C)=C[C@H]1c1c(O)cc(CCCCC)cc1OC(=O)CCC(CC)NC.CCC1CCC(=O)N1C. The number of carbonyl (C=O) groups is 3. The van der Waals surface area contributed by atoms with Crippen molar-refractivity contribution in [3.05, 3.63) is 141 Å². The largest absolute Gasteiger partial charge is 0.507 e. The van der Waals surface area contributed by atoms with Gasteiger partial charge in [0.05, 0.1) is 0 Å². The van der Waals surface area contributed by atoms with Crippen molar-refractivity contribution in [3.8, 4) is 34.5 Å². The number of amides is 1. The number of unbranched alkanes of at least 4 members (excludes halogenated alkanes) is 6. The number of nitrogens with zero attached hydrogens (tertiary/aromatic N) is 2. The van der Waals surface area contributed by atoms with E-state index in [4.69, 9.17) is 9.47 Å². The smallest absolute Gasteiger partial charge is 0.311 e. The zero-order chi connectivity index (χ0) is 70.1. The summed E-state index contributed by atoms with van der Waals surface area (Å²) in [7, 11) is 5.88. The van der Waals surface area contributed by atoms with Crippen LogP contribution in [0.4, 0.5) is 0 Å². The first-order valence-corrected chi connectivity index (χ1v) is 36.6. The molecule has 0 bridgehead atoms. The number of hydrogen-bond acceptors (Lipinski definition) is 11. The van der Waals surface area contributed by atoms with Gasteiger partial charge in [0, 0.05) is 85.4 Å². The summed E-state index contributed by atoms with van der Waals surface area (Å²) in [6, 6.07) is 12.7. The van der Waals surface area contributed by atoms with Gasteiger partial charge < -0.3 is 45.0 Å². The van der Waals surface area contributed by atoms with Crippen molar-refractivity contribution in [1.82, 2.24) is 15.1 Å². The Morgan fingerprint density at radius 1 is 0.547 bits per heavy atom. The van der Waals surface area contributed by atoms with Crippen molar-refractivity contribution >= 4 is 17.8 Å². The summed E-state index contributed by atoms with van der Waals surface area (Å²) in [5.74, 6) is 2.51. The normalized spacial score (nSPS) is 22.4. The van der Waals surface area contributed by atoms with Gasteiger partial charge in [-0.2, -0.15) is 0 Å². The first-order valence-electron chi connectivity index (χ1n) is 36.6. The number of benzene rings is 3. The minimum atomic E-state index is -0.242. The zero-order valence-corrected chi connectivity index (χ0v) is 61.3. The van der Waals surface area contributed by atoms with Crippen molar-refractivity contribution in [2.75, 3.05) is 27.7 Å². The molecule has 3 aromatic carbocycles. The summed E-state index contributed by atoms with van der Waals surface area (Å²) in [6.45, 7) is 36.9. The van der Waals surface area contributed by atoms with E-state index in [9.17, 15) is 34.8 Å². The third-order valence-electron chi connectivity index (χ3n) is 20.7. The van der Waals surface area contributed by atoms with Gasteiger partial charge in [-0.1, -0.05) is 145 Å². The minimum Gasteiger partial charge on any atom is -0.507 e. The molecule has 5 N–H and O–H groups in total. The van der Waals surface area contributed by atoms with Crippen molar-refractivity contribution in [3.63, 3.8) is 0 Å². The number of ether oxygens (including phenoxy) is 2. The zero-order valence-electron chi connectivity index (χ0n) is 61.3. The maximum atomic E-state index is 12.8. The van der Waals surface area contributed by atoms with Crippen LogP contribution in [0.15, 0.2) is 108 Å². The molecule has 12 nitrogen and oxygen atoms in total. The van der Waals surface area contributed by atoms with Crippen LogP contribution in [0.2, 0.25) is 0 Å². The molecule has 3 aromatic rings. The van der Waals surface area contributed by atoms with Crippen LogP contribution in [0.1, 0.15) is 275 Å². The summed E-state index contributed by atoms with van der Waals surface area (Å²) < 4.78 is 11.9. The highest BCUT2D eigenvalue weighted by atomic mass is 16.5. The predicted molar refractivity (Wildman–Crippen MR) is 393 cm³/mol. The number of hydrogen-bond donors (Lipinski definition) is 5. The van der Waals surface area contributed by atoms with Gasteiger partial charge in [0.2, 0.25) is 5.91 Å². The molecule has 12 heteroatoms. The Morgan fingerprint density at radius 3 is 1.23 bits per heavy atom. The highest BCUT2D eigenvalue weighted by Gasteiger charge is 2.35. The van der Waals surface area contributed by atoms with Crippen molar-refractivity contribution < 1.29 is 44.3 Å². The number of likely N-dealkylation sites (tertiary alicyclic amines) is 1. The Labute approximate surface area is 574 Å². The maximum absolute atomic E-state index is 12.8. The van der Waals surface area contributed by atoms with Crippen LogP contribution in [-0.2, 0) is 33.6 Å². The van der Waals surface area contributed by atoms with Gasteiger partial charge in [0.25, 0.3) is 0 Å². The van der Waals surface area contributed by atoms with E-state index in [2.05, 4.69) is 124 Å². The van der Waals surface area contributed by atoms with E-state index in [0.717, 1.165) is 192 Å². The number of phenolic OH excluding ortho intramolecular Hbond substituents is 4. The molecule has 1 amide bonds. The lowest BCUT2D eigenvalue weighted by Gasteiger charge is -2.32. The summed E-state index contributed by atoms with van der Waals surface area (Å²) in [6.07, 6.45) is 31.8. The van der Waals surface area contributed by atoms with Crippen LogP contribution in [-0.4, -0.2) is 93.9 Å².